The van der Waals surface area contributed by atoms with E-state index in [-0.39, 0.29) is 21.1 Å². The van der Waals surface area contributed by atoms with Gasteiger partial charge in [0.1, 0.15) is 0 Å². The molecule has 0 spiro atoms. The van der Waals surface area contributed by atoms with Crippen molar-refractivity contribution in [3.05, 3.63) is 23.8 Å². The van der Waals surface area contributed by atoms with Crippen molar-refractivity contribution < 1.29 is 21.1 Å². The molecule has 0 saturated carbocycles. The molecule has 0 atom stereocenters. The number of hydrogen-bond acceptors (Lipinski definition) is 4. The van der Waals surface area contributed by atoms with Crippen LogP contribution in [0.4, 0.5) is 0 Å². The minimum atomic E-state index is 0. The van der Waals surface area contributed by atoms with Crippen molar-refractivity contribution in [3.8, 4) is 0 Å². The van der Waals surface area contributed by atoms with Gasteiger partial charge < -0.3 is 0 Å². The van der Waals surface area contributed by atoms with E-state index in [0.717, 1.165) is 0 Å². The van der Waals surface area contributed by atoms with Crippen molar-refractivity contribution in [1.82, 2.24) is 0 Å². The maximum absolute atomic E-state index is 3.65. The first-order chi connectivity index (χ1) is 3.97. The Hall–Kier alpha value is -0.632. The van der Waals surface area contributed by atoms with Crippen LogP contribution in [0.2, 0.25) is 0 Å². The smallest absolute Gasteiger partial charge is 0.283 e. The molecule has 2 aliphatic rings. The number of hydrogen-bond donors (Lipinski definition) is 0. The molecule has 4 nitrogen and oxygen atoms in total. The number of fused-ring (bicyclic) bond motifs is 1. The van der Waals surface area contributed by atoms with Gasteiger partial charge in [0.2, 0.25) is 0 Å². The van der Waals surface area contributed by atoms with Crippen molar-refractivity contribution in [2.24, 2.45) is 20.5 Å². The number of azo groups is 2. The third-order valence-electron chi connectivity index (χ3n) is 0.894. The molecule has 0 aromatic carbocycles. The Bertz CT molecular complexity index is 211. The van der Waals surface area contributed by atoms with Crippen molar-refractivity contribution in [3.63, 3.8) is 0 Å². The molecular weight excluding hydrogens is 200 g/mol. The van der Waals surface area contributed by atoms with Crippen LogP contribution in [0.15, 0.2) is 38.1 Å². The Morgan fingerprint density at radius 3 is 3.00 bits per heavy atom. The van der Waals surface area contributed by atoms with E-state index in [9.17, 15) is 0 Å². The summed E-state index contributed by atoms with van der Waals surface area (Å²) < 4.78 is 0. The topological polar surface area (TPSA) is 49.4 Å². The maximum Gasteiger partial charge on any atom is 4.00 e. The van der Waals surface area contributed by atoms with Crippen LogP contribution in [-0.2, 0) is 21.1 Å². The van der Waals surface area contributed by atoms with E-state index in [1.807, 2.05) is 0 Å². The molecule has 9 heavy (non-hydrogen) atoms. The predicted molar refractivity (Wildman–Crippen MR) is 24.6 cm³/mol. The summed E-state index contributed by atoms with van der Waals surface area (Å²) >= 11 is 0. The molecule has 40 valence electrons. The number of rotatable bonds is 0. The summed E-state index contributed by atoms with van der Waals surface area (Å²) in [6, 6.07) is 0. The molecule has 0 unspecified atom stereocenters. The summed E-state index contributed by atoms with van der Waals surface area (Å²) in [5, 5.41) is 14.4. The monoisotopic (exact) mass is 203 g/mol. The second-order valence-electron chi connectivity index (χ2n) is 1.39. The largest absolute Gasteiger partial charge is 4.00 e. The Kier molecular flexibility index (Phi) is 1.67. The van der Waals surface area contributed by atoms with Crippen LogP contribution in [0, 0.1) is 6.20 Å². The minimum absolute atomic E-state index is 0. The summed E-state index contributed by atoms with van der Waals surface area (Å²) in [6.07, 6.45) is 4.12. The second kappa shape index (κ2) is 2.31. The first-order valence-electron chi connectivity index (χ1n) is 2.12. The summed E-state index contributed by atoms with van der Waals surface area (Å²) in [6.45, 7) is 0. The van der Waals surface area contributed by atoms with Gasteiger partial charge in [-0.25, -0.2) is 0 Å². The molecule has 2 heterocycles. The fourth-order valence-corrected chi connectivity index (χ4v) is 0.533. The van der Waals surface area contributed by atoms with Crippen LogP contribution in [0.25, 0.3) is 0 Å². The molecule has 0 amide bonds. The summed E-state index contributed by atoms with van der Waals surface area (Å²) in [5.41, 5.74) is 1.36. The van der Waals surface area contributed by atoms with Crippen molar-refractivity contribution >= 4 is 0 Å². The van der Waals surface area contributed by atoms with Crippen LogP contribution >= 0.6 is 0 Å². The minimum Gasteiger partial charge on any atom is -0.283 e. The average molecular weight is 201 g/mol. The number of nitrogens with zero attached hydrogens (tertiary/aromatic N) is 4. The molecule has 0 N–H and O–H groups in total. The Balaban J connectivity index is 0.000000405. The molecule has 2 aliphatic heterocycles. The van der Waals surface area contributed by atoms with Gasteiger partial charge in [0.15, 0.2) is 0 Å². The van der Waals surface area contributed by atoms with Gasteiger partial charge in [0.05, 0.1) is 0 Å². The molecule has 0 aliphatic carbocycles. The van der Waals surface area contributed by atoms with E-state index in [2.05, 4.69) is 26.7 Å². The molecule has 5 heteroatoms. The van der Waals surface area contributed by atoms with E-state index >= 15 is 0 Å². The normalized spacial score (nSPS) is 18.7. The van der Waals surface area contributed by atoms with Crippen LogP contribution in [0.5, 0.6) is 0 Å². The summed E-state index contributed by atoms with van der Waals surface area (Å²) in [7, 11) is 0. The molecule has 0 saturated heterocycles. The zero-order valence-corrected chi connectivity index (χ0v) is 6.28. The maximum atomic E-state index is 3.65. The third kappa shape index (κ3) is 0.899. The van der Waals surface area contributed by atoms with Crippen LogP contribution < -0.4 is 0 Å². The van der Waals surface area contributed by atoms with Crippen LogP contribution in [0.3, 0.4) is 0 Å². The van der Waals surface area contributed by atoms with Crippen LogP contribution in [-0.4, -0.2) is 0 Å². The van der Waals surface area contributed by atoms with Gasteiger partial charge in [-0.05, 0) is 17.6 Å². The van der Waals surface area contributed by atoms with E-state index in [1.54, 1.807) is 6.20 Å². The molecule has 0 aromatic heterocycles. The van der Waals surface area contributed by atoms with E-state index < -0.39 is 0 Å². The first kappa shape index (κ1) is 6.49. The average Bonchev–Trinajstić information content (AvgIpc) is 2.15. The molecule has 0 fully saturated rings. The molecule has 0 bridgehead atoms. The molecule has 0 aromatic rings. The Labute approximate surface area is 65.7 Å². The van der Waals surface area contributed by atoms with E-state index in [0.29, 0.717) is 11.4 Å². The molecular formula is C4HMoN4+3. The van der Waals surface area contributed by atoms with Gasteiger partial charge in [-0.15, -0.1) is 0 Å². The van der Waals surface area contributed by atoms with E-state index in [1.165, 1.54) is 0 Å². The van der Waals surface area contributed by atoms with Crippen molar-refractivity contribution in [2.45, 2.75) is 0 Å². The first-order valence-corrected chi connectivity index (χ1v) is 2.12. The summed E-state index contributed by atoms with van der Waals surface area (Å²) in [5.74, 6) is 0. The van der Waals surface area contributed by atoms with Gasteiger partial charge in [0, 0.05) is 0 Å². The standard InChI is InChI=1S/C4HN4.Mo/c1-3-4(8-5-1)2-6-7-3;/h1H;/q-1;+4. The third-order valence-corrected chi connectivity index (χ3v) is 0.894. The Morgan fingerprint density at radius 1 is 1.33 bits per heavy atom. The van der Waals surface area contributed by atoms with Gasteiger partial charge in [-0.3, -0.25) is 10.2 Å². The van der Waals surface area contributed by atoms with Crippen molar-refractivity contribution in [1.29, 1.82) is 0 Å². The summed E-state index contributed by atoms with van der Waals surface area (Å²) in [4.78, 5) is 0. The fraction of sp³-hybridized carbons (Fsp3) is 0. The zero-order chi connectivity index (χ0) is 5.40. The molecule has 0 radical (unpaired) electrons. The van der Waals surface area contributed by atoms with Gasteiger partial charge in [-0.1, -0.05) is 6.20 Å². The van der Waals surface area contributed by atoms with Crippen LogP contribution in [0.1, 0.15) is 0 Å². The van der Waals surface area contributed by atoms with Gasteiger partial charge in [0.25, 0.3) is 0 Å². The Morgan fingerprint density at radius 2 is 2.22 bits per heavy atom. The van der Waals surface area contributed by atoms with E-state index in [4.69, 9.17) is 0 Å². The quantitative estimate of drug-likeness (QED) is 0.420. The second-order valence-corrected chi connectivity index (χ2v) is 1.39. The zero-order valence-electron chi connectivity index (χ0n) is 4.27. The SMILES string of the molecule is [C-]1=C2N=NC=C2N=N1.[Mo+4]. The predicted octanol–water partition coefficient (Wildman–Crippen LogP) is 1.40. The molecule has 2 rings (SSSR count). The van der Waals surface area contributed by atoms with Crippen molar-refractivity contribution in [2.75, 3.05) is 0 Å². The fourth-order valence-electron chi connectivity index (χ4n) is 0.533. The van der Waals surface area contributed by atoms with Gasteiger partial charge >= 0.3 is 21.1 Å². The van der Waals surface area contributed by atoms with Gasteiger partial charge in [-0.2, -0.15) is 10.2 Å².